The predicted octanol–water partition coefficient (Wildman–Crippen LogP) is -0.243. The molecule has 1 unspecified atom stereocenters. The molecule has 0 radical (unpaired) electrons. The van der Waals surface area contributed by atoms with Crippen molar-refractivity contribution >= 4 is 17.9 Å². The molecule has 7 heteroatoms. The van der Waals surface area contributed by atoms with E-state index in [0.717, 1.165) is 12.8 Å². The van der Waals surface area contributed by atoms with Crippen molar-refractivity contribution in [2.45, 2.75) is 32.2 Å². The van der Waals surface area contributed by atoms with Gasteiger partial charge in [-0.3, -0.25) is 4.79 Å². The molecule has 17 heavy (non-hydrogen) atoms. The maximum Gasteiger partial charge on any atom is 0.326 e. The van der Waals surface area contributed by atoms with E-state index in [9.17, 15) is 14.4 Å². The minimum atomic E-state index is -1.28. The molecule has 0 aliphatic rings. The standard InChI is InChI=1S/C10H19N3O4/c1-3-4-5-13(2)10(17)12-7(9(15)16)6-8(11)14/h7H,3-6H2,1-2H3,(H2,11,14)(H,12,17)(H,15,16). The van der Waals surface area contributed by atoms with Gasteiger partial charge in [0.1, 0.15) is 6.04 Å². The summed E-state index contributed by atoms with van der Waals surface area (Å²) in [5, 5.41) is 11.0. The van der Waals surface area contributed by atoms with Gasteiger partial charge in [0.05, 0.1) is 6.42 Å². The highest BCUT2D eigenvalue weighted by Gasteiger charge is 2.23. The van der Waals surface area contributed by atoms with Crippen LogP contribution in [0.4, 0.5) is 4.79 Å². The zero-order valence-corrected chi connectivity index (χ0v) is 10.1. The lowest BCUT2D eigenvalue weighted by Gasteiger charge is -2.20. The summed E-state index contributed by atoms with van der Waals surface area (Å²) >= 11 is 0. The number of primary amides is 1. The number of carboxylic acid groups (broad SMARTS) is 1. The van der Waals surface area contributed by atoms with Crippen LogP contribution >= 0.6 is 0 Å². The summed E-state index contributed by atoms with van der Waals surface area (Å²) in [4.78, 5) is 34.3. The van der Waals surface area contributed by atoms with Crippen molar-refractivity contribution in [1.82, 2.24) is 10.2 Å². The first-order valence-electron chi connectivity index (χ1n) is 5.41. The van der Waals surface area contributed by atoms with Gasteiger partial charge in [-0.15, -0.1) is 0 Å². The fraction of sp³-hybridized carbons (Fsp3) is 0.700. The minimum Gasteiger partial charge on any atom is -0.480 e. The van der Waals surface area contributed by atoms with Crippen LogP contribution in [0.25, 0.3) is 0 Å². The molecule has 0 heterocycles. The molecule has 0 bridgehead atoms. The molecule has 0 rings (SSSR count). The summed E-state index contributed by atoms with van der Waals surface area (Å²) in [6.07, 6.45) is 1.35. The lowest BCUT2D eigenvalue weighted by molar-refractivity contribution is -0.140. The van der Waals surface area contributed by atoms with E-state index in [4.69, 9.17) is 10.8 Å². The van der Waals surface area contributed by atoms with Crippen molar-refractivity contribution in [1.29, 1.82) is 0 Å². The first-order valence-corrected chi connectivity index (χ1v) is 5.41. The van der Waals surface area contributed by atoms with Crippen molar-refractivity contribution in [3.8, 4) is 0 Å². The Hall–Kier alpha value is -1.79. The second-order valence-electron chi connectivity index (χ2n) is 3.79. The first kappa shape index (κ1) is 15.2. The van der Waals surface area contributed by atoms with Gasteiger partial charge in [-0.1, -0.05) is 13.3 Å². The van der Waals surface area contributed by atoms with Gasteiger partial charge < -0.3 is 21.1 Å². The quantitative estimate of drug-likeness (QED) is 0.574. The topological polar surface area (TPSA) is 113 Å². The largest absolute Gasteiger partial charge is 0.480 e. The van der Waals surface area contributed by atoms with E-state index in [2.05, 4.69) is 5.32 Å². The molecule has 0 saturated carbocycles. The van der Waals surface area contributed by atoms with Crippen LogP contribution in [-0.4, -0.2) is 47.5 Å². The zero-order valence-electron chi connectivity index (χ0n) is 10.1. The van der Waals surface area contributed by atoms with E-state index >= 15 is 0 Å². The van der Waals surface area contributed by atoms with Gasteiger partial charge in [-0.2, -0.15) is 0 Å². The molecule has 0 aliphatic carbocycles. The van der Waals surface area contributed by atoms with E-state index in [0.29, 0.717) is 6.54 Å². The summed E-state index contributed by atoms with van der Waals surface area (Å²) in [6, 6.07) is -1.80. The van der Waals surface area contributed by atoms with E-state index in [1.807, 2.05) is 6.92 Å². The van der Waals surface area contributed by atoms with Crippen LogP contribution in [0.15, 0.2) is 0 Å². The van der Waals surface area contributed by atoms with E-state index < -0.39 is 30.4 Å². The van der Waals surface area contributed by atoms with Crippen LogP contribution in [0.5, 0.6) is 0 Å². The lowest BCUT2D eigenvalue weighted by Crippen LogP contribution is -2.48. The number of amides is 3. The fourth-order valence-corrected chi connectivity index (χ4v) is 1.16. The monoisotopic (exact) mass is 245 g/mol. The average Bonchev–Trinajstić information content (AvgIpc) is 2.23. The summed E-state index contributed by atoms with van der Waals surface area (Å²) in [5.74, 6) is -2.05. The van der Waals surface area contributed by atoms with Gasteiger partial charge in [0.15, 0.2) is 0 Å². The van der Waals surface area contributed by atoms with Crippen LogP contribution in [0.2, 0.25) is 0 Å². The molecule has 0 aromatic carbocycles. The Bertz CT molecular complexity index is 293. The highest BCUT2D eigenvalue weighted by Crippen LogP contribution is 1.96. The normalized spacial score (nSPS) is 11.6. The van der Waals surface area contributed by atoms with Crippen LogP contribution < -0.4 is 11.1 Å². The molecule has 0 fully saturated rings. The van der Waals surface area contributed by atoms with Crippen LogP contribution in [0.3, 0.4) is 0 Å². The fourth-order valence-electron chi connectivity index (χ4n) is 1.16. The third-order valence-electron chi connectivity index (χ3n) is 2.19. The van der Waals surface area contributed by atoms with E-state index in [1.165, 1.54) is 4.90 Å². The molecule has 0 aromatic rings. The van der Waals surface area contributed by atoms with Gasteiger partial charge >= 0.3 is 12.0 Å². The third-order valence-corrected chi connectivity index (χ3v) is 2.19. The van der Waals surface area contributed by atoms with Gasteiger partial charge in [-0.25, -0.2) is 9.59 Å². The number of urea groups is 1. The smallest absolute Gasteiger partial charge is 0.326 e. The molecule has 0 aliphatic heterocycles. The SMILES string of the molecule is CCCCN(C)C(=O)NC(CC(N)=O)C(=O)O. The van der Waals surface area contributed by atoms with Gasteiger partial charge in [0.2, 0.25) is 5.91 Å². The molecule has 98 valence electrons. The number of unbranched alkanes of at least 4 members (excludes halogenated alkanes) is 1. The average molecular weight is 245 g/mol. The third kappa shape index (κ3) is 6.39. The number of nitrogens with two attached hydrogens (primary N) is 1. The Morgan fingerprint density at radius 1 is 1.41 bits per heavy atom. The van der Waals surface area contributed by atoms with Crippen molar-refractivity contribution in [3.05, 3.63) is 0 Å². The minimum absolute atomic E-state index is 0.414. The molecule has 4 N–H and O–H groups in total. The summed E-state index contributed by atoms with van der Waals surface area (Å²) in [6.45, 7) is 2.52. The molecule has 7 nitrogen and oxygen atoms in total. The zero-order chi connectivity index (χ0) is 13.4. The Balaban J connectivity index is 4.29. The highest BCUT2D eigenvalue weighted by molar-refractivity contribution is 5.87. The van der Waals surface area contributed by atoms with Crippen molar-refractivity contribution in [3.63, 3.8) is 0 Å². The number of carbonyl (C=O) groups is 3. The molecule has 0 aromatic heterocycles. The number of rotatable bonds is 7. The van der Waals surface area contributed by atoms with Crippen LogP contribution in [-0.2, 0) is 9.59 Å². The van der Waals surface area contributed by atoms with Crippen molar-refractivity contribution in [2.75, 3.05) is 13.6 Å². The Morgan fingerprint density at radius 2 is 2.00 bits per heavy atom. The Labute approximate surface area is 100.0 Å². The molecule has 3 amide bonds. The van der Waals surface area contributed by atoms with Crippen molar-refractivity contribution in [2.24, 2.45) is 5.73 Å². The molecular formula is C10H19N3O4. The lowest BCUT2D eigenvalue weighted by atomic mass is 10.2. The number of carbonyl (C=O) groups excluding carboxylic acids is 2. The van der Waals surface area contributed by atoms with E-state index in [1.54, 1.807) is 7.05 Å². The van der Waals surface area contributed by atoms with Crippen molar-refractivity contribution < 1.29 is 19.5 Å². The maximum absolute atomic E-state index is 11.5. The van der Waals surface area contributed by atoms with E-state index in [-0.39, 0.29) is 0 Å². The summed E-state index contributed by atoms with van der Waals surface area (Å²) in [7, 11) is 1.56. The van der Waals surface area contributed by atoms with Gasteiger partial charge in [0, 0.05) is 13.6 Å². The Kier molecular flexibility index (Phi) is 6.69. The summed E-state index contributed by atoms with van der Waals surface area (Å²) < 4.78 is 0. The number of hydrogen-bond donors (Lipinski definition) is 3. The summed E-state index contributed by atoms with van der Waals surface area (Å²) in [5.41, 5.74) is 4.90. The first-order chi connectivity index (χ1) is 7.88. The highest BCUT2D eigenvalue weighted by atomic mass is 16.4. The number of aliphatic carboxylic acids is 1. The molecule has 0 spiro atoms. The Morgan fingerprint density at radius 3 is 2.41 bits per heavy atom. The number of carboxylic acids is 1. The van der Waals surface area contributed by atoms with Crippen LogP contribution in [0, 0.1) is 0 Å². The van der Waals surface area contributed by atoms with Crippen LogP contribution in [0.1, 0.15) is 26.2 Å². The van der Waals surface area contributed by atoms with Gasteiger partial charge in [-0.05, 0) is 6.42 Å². The number of nitrogens with one attached hydrogen (secondary N) is 1. The second kappa shape index (κ2) is 7.48. The van der Waals surface area contributed by atoms with Gasteiger partial charge in [0.25, 0.3) is 0 Å². The number of hydrogen-bond acceptors (Lipinski definition) is 3. The number of nitrogens with zero attached hydrogens (tertiary/aromatic N) is 1. The predicted molar refractivity (Wildman–Crippen MR) is 61.3 cm³/mol. The second-order valence-corrected chi connectivity index (χ2v) is 3.79. The molecular weight excluding hydrogens is 226 g/mol. The molecule has 1 atom stereocenters. The maximum atomic E-state index is 11.5. The molecule has 0 saturated heterocycles.